The standard InChI is InChI=1S/C20H15N7S/c1-2-6-14(7-3-1)23-19-24-15-8-4-5-9-16(15)27(19)17-10-11-21-18(25-17)26-20-22-12-13-28-20/h1-13H,(H,23,24)(H,21,22,25,26). The van der Waals surface area contributed by atoms with Crippen molar-refractivity contribution in [2.75, 3.05) is 10.6 Å². The van der Waals surface area contributed by atoms with E-state index in [-0.39, 0.29) is 0 Å². The van der Waals surface area contributed by atoms with Gasteiger partial charge in [-0.2, -0.15) is 4.98 Å². The van der Waals surface area contributed by atoms with Crippen LogP contribution in [0.2, 0.25) is 0 Å². The Labute approximate surface area is 164 Å². The van der Waals surface area contributed by atoms with Gasteiger partial charge in [0.2, 0.25) is 11.9 Å². The molecule has 0 spiro atoms. The molecule has 3 aromatic heterocycles. The second-order valence-electron chi connectivity index (χ2n) is 5.95. The van der Waals surface area contributed by atoms with Crippen molar-refractivity contribution >= 4 is 45.1 Å². The summed E-state index contributed by atoms with van der Waals surface area (Å²) in [6.07, 6.45) is 3.46. The zero-order valence-electron chi connectivity index (χ0n) is 14.6. The summed E-state index contributed by atoms with van der Waals surface area (Å²) in [5.41, 5.74) is 2.79. The van der Waals surface area contributed by atoms with Gasteiger partial charge in [0.15, 0.2) is 5.13 Å². The van der Waals surface area contributed by atoms with Crippen LogP contribution in [0.5, 0.6) is 0 Å². The van der Waals surface area contributed by atoms with Gasteiger partial charge < -0.3 is 5.32 Å². The number of hydrogen-bond acceptors (Lipinski definition) is 7. The molecule has 0 unspecified atom stereocenters. The Bertz CT molecular complexity index is 1220. The third-order valence-corrected chi connectivity index (χ3v) is 4.80. The van der Waals surface area contributed by atoms with Crippen molar-refractivity contribution in [3.05, 3.63) is 78.4 Å². The lowest BCUT2D eigenvalue weighted by Crippen LogP contribution is -2.06. The third kappa shape index (κ3) is 3.17. The number of nitrogens with one attached hydrogen (secondary N) is 2. The van der Waals surface area contributed by atoms with Crippen molar-refractivity contribution in [3.8, 4) is 5.82 Å². The van der Waals surface area contributed by atoms with Crippen LogP contribution in [-0.2, 0) is 0 Å². The number of imidazole rings is 1. The van der Waals surface area contributed by atoms with E-state index >= 15 is 0 Å². The summed E-state index contributed by atoms with van der Waals surface area (Å²) in [4.78, 5) is 18.0. The van der Waals surface area contributed by atoms with Gasteiger partial charge in [-0.15, -0.1) is 11.3 Å². The summed E-state index contributed by atoms with van der Waals surface area (Å²) in [5.74, 6) is 1.88. The summed E-state index contributed by atoms with van der Waals surface area (Å²) in [6.45, 7) is 0. The maximum atomic E-state index is 4.75. The quantitative estimate of drug-likeness (QED) is 0.454. The maximum Gasteiger partial charge on any atom is 0.230 e. The van der Waals surface area contributed by atoms with E-state index < -0.39 is 0 Å². The second kappa shape index (κ2) is 7.09. The van der Waals surface area contributed by atoms with Gasteiger partial charge in [0, 0.05) is 29.5 Å². The van der Waals surface area contributed by atoms with Gasteiger partial charge in [-0.25, -0.2) is 15.0 Å². The molecule has 0 fully saturated rings. The third-order valence-electron chi connectivity index (χ3n) is 4.11. The Balaban J connectivity index is 1.60. The molecule has 0 saturated heterocycles. The van der Waals surface area contributed by atoms with Crippen LogP contribution < -0.4 is 10.6 Å². The van der Waals surface area contributed by atoms with Crippen LogP contribution in [0, 0.1) is 0 Å². The monoisotopic (exact) mass is 385 g/mol. The first-order valence-electron chi connectivity index (χ1n) is 8.66. The van der Waals surface area contributed by atoms with Crippen molar-refractivity contribution in [2.45, 2.75) is 0 Å². The van der Waals surface area contributed by atoms with Crippen molar-refractivity contribution in [1.29, 1.82) is 0 Å². The van der Waals surface area contributed by atoms with Crippen molar-refractivity contribution in [3.63, 3.8) is 0 Å². The fourth-order valence-electron chi connectivity index (χ4n) is 2.91. The number of hydrogen-bond donors (Lipinski definition) is 2. The first-order chi connectivity index (χ1) is 13.9. The van der Waals surface area contributed by atoms with Gasteiger partial charge in [-0.3, -0.25) is 9.88 Å². The summed E-state index contributed by atoms with van der Waals surface area (Å²) in [7, 11) is 0. The predicted molar refractivity (Wildman–Crippen MR) is 112 cm³/mol. The molecule has 0 aliphatic heterocycles. The Morgan fingerprint density at radius 3 is 2.50 bits per heavy atom. The summed E-state index contributed by atoms with van der Waals surface area (Å²) < 4.78 is 1.98. The minimum absolute atomic E-state index is 0.482. The van der Waals surface area contributed by atoms with Crippen molar-refractivity contribution in [2.24, 2.45) is 0 Å². The highest BCUT2D eigenvalue weighted by molar-refractivity contribution is 7.13. The number of benzene rings is 2. The van der Waals surface area contributed by atoms with Crippen LogP contribution in [0.15, 0.2) is 78.4 Å². The molecule has 8 heteroatoms. The number of nitrogens with zero attached hydrogens (tertiary/aromatic N) is 5. The zero-order chi connectivity index (χ0) is 18.8. The second-order valence-corrected chi connectivity index (χ2v) is 6.85. The van der Waals surface area contributed by atoms with E-state index in [4.69, 9.17) is 4.98 Å². The number of aromatic nitrogens is 5. The largest absolute Gasteiger partial charge is 0.325 e. The molecule has 0 aliphatic rings. The molecule has 28 heavy (non-hydrogen) atoms. The molecular formula is C20H15N7S. The number of fused-ring (bicyclic) bond motifs is 1. The summed E-state index contributed by atoms with van der Waals surface area (Å²) in [6, 6.07) is 19.8. The molecule has 0 saturated carbocycles. The summed E-state index contributed by atoms with van der Waals surface area (Å²) in [5, 5.41) is 9.17. The lowest BCUT2D eigenvalue weighted by atomic mass is 10.3. The van der Waals surface area contributed by atoms with Crippen LogP contribution in [0.3, 0.4) is 0 Å². The summed E-state index contributed by atoms with van der Waals surface area (Å²) >= 11 is 1.49. The average Bonchev–Trinajstić information content (AvgIpc) is 3.36. The van der Waals surface area contributed by atoms with E-state index in [0.29, 0.717) is 17.7 Å². The molecule has 7 nitrogen and oxygen atoms in total. The number of rotatable bonds is 5. The molecule has 2 aromatic carbocycles. The smallest absolute Gasteiger partial charge is 0.230 e. The minimum atomic E-state index is 0.482. The number of anilines is 4. The maximum absolute atomic E-state index is 4.75. The van der Waals surface area contributed by atoms with Gasteiger partial charge in [0.25, 0.3) is 0 Å². The van der Waals surface area contributed by atoms with Crippen LogP contribution in [0.1, 0.15) is 0 Å². The first kappa shape index (κ1) is 16.4. The minimum Gasteiger partial charge on any atom is -0.325 e. The van der Waals surface area contributed by atoms with Crippen LogP contribution >= 0.6 is 11.3 Å². The number of para-hydroxylation sites is 3. The molecule has 5 aromatic rings. The molecule has 0 amide bonds. The van der Waals surface area contributed by atoms with Gasteiger partial charge in [0.05, 0.1) is 11.0 Å². The van der Waals surface area contributed by atoms with Gasteiger partial charge >= 0.3 is 0 Å². The van der Waals surface area contributed by atoms with E-state index in [1.807, 2.05) is 70.6 Å². The Morgan fingerprint density at radius 2 is 1.64 bits per heavy atom. The van der Waals surface area contributed by atoms with E-state index in [9.17, 15) is 0 Å². The molecule has 2 N–H and O–H groups in total. The molecule has 0 radical (unpaired) electrons. The molecule has 0 bridgehead atoms. The zero-order valence-corrected chi connectivity index (χ0v) is 15.5. The highest BCUT2D eigenvalue weighted by Gasteiger charge is 2.14. The highest BCUT2D eigenvalue weighted by atomic mass is 32.1. The molecule has 0 atom stereocenters. The Morgan fingerprint density at radius 1 is 0.786 bits per heavy atom. The molecule has 3 heterocycles. The fourth-order valence-corrected chi connectivity index (χ4v) is 3.43. The SMILES string of the molecule is c1ccc(Nc2nc3ccccc3n2-c2ccnc(Nc3nccs3)n2)cc1. The van der Waals surface area contributed by atoms with Crippen LogP contribution in [0.4, 0.5) is 22.7 Å². The Hall–Kier alpha value is -3.78. The van der Waals surface area contributed by atoms with E-state index in [1.54, 1.807) is 12.4 Å². The normalized spacial score (nSPS) is 10.9. The van der Waals surface area contributed by atoms with Crippen molar-refractivity contribution < 1.29 is 0 Å². The topological polar surface area (TPSA) is 80.5 Å². The van der Waals surface area contributed by atoms with E-state index in [1.165, 1.54) is 11.3 Å². The molecule has 136 valence electrons. The van der Waals surface area contributed by atoms with Gasteiger partial charge in [0.1, 0.15) is 5.82 Å². The Kier molecular flexibility index (Phi) is 4.15. The lowest BCUT2D eigenvalue weighted by molar-refractivity contribution is 1.00. The van der Waals surface area contributed by atoms with E-state index in [2.05, 4.69) is 25.6 Å². The fraction of sp³-hybridized carbons (Fsp3) is 0. The predicted octanol–water partition coefficient (Wildman–Crippen LogP) is 4.76. The van der Waals surface area contributed by atoms with Crippen LogP contribution in [-0.4, -0.2) is 24.5 Å². The molecule has 5 rings (SSSR count). The number of thiazole rings is 1. The average molecular weight is 385 g/mol. The molecule has 0 aliphatic carbocycles. The van der Waals surface area contributed by atoms with Gasteiger partial charge in [-0.1, -0.05) is 30.3 Å². The van der Waals surface area contributed by atoms with Gasteiger partial charge in [-0.05, 0) is 24.3 Å². The molecular weight excluding hydrogens is 370 g/mol. The van der Waals surface area contributed by atoms with Crippen molar-refractivity contribution in [1.82, 2.24) is 24.5 Å². The lowest BCUT2D eigenvalue weighted by Gasteiger charge is -2.11. The first-order valence-corrected chi connectivity index (χ1v) is 9.54. The van der Waals surface area contributed by atoms with E-state index in [0.717, 1.165) is 21.9 Å². The van der Waals surface area contributed by atoms with Crippen LogP contribution in [0.25, 0.3) is 16.9 Å². The highest BCUT2D eigenvalue weighted by Crippen LogP contribution is 2.26.